The highest BCUT2D eigenvalue weighted by Gasteiger charge is 2.13. The van der Waals surface area contributed by atoms with Crippen molar-refractivity contribution < 1.29 is 14.2 Å². The Morgan fingerprint density at radius 2 is 2.12 bits per heavy atom. The van der Waals surface area contributed by atoms with Crippen LogP contribution in [0.5, 0.6) is 0 Å². The molecular formula is C13H20FNO2. The first-order chi connectivity index (χ1) is 8.19. The zero-order valence-electron chi connectivity index (χ0n) is 10.3. The molecule has 0 fully saturated rings. The monoisotopic (exact) mass is 241 g/mol. The van der Waals surface area contributed by atoms with Crippen LogP contribution in [0.1, 0.15) is 25.0 Å². The summed E-state index contributed by atoms with van der Waals surface area (Å²) in [6.45, 7) is 2.94. The van der Waals surface area contributed by atoms with Crippen molar-refractivity contribution >= 4 is 0 Å². The predicted molar refractivity (Wildman–Crippen MR) is 65.3 cm³/mol. The molecule has 2 N–H and O–H groups in total. The molecule has 0 saturated heterocycles. The SMILES string of the molecule is CCC(COC)NCC(O)c1ccccc1F. The summed E-state index contributed by atoms with van der Waals surface area (Å²) < 4.78 is 18.4. The van der Waals surface area contributed by atoms with Gasteiger partial charge in [0.05, 0.1) is 12.7 Å². The van der Waals surface area contributed by atoms with E-state index in [1.165, 1.54) is 6.07 Å². The van der Waals surface area contributed by atoms with Gasteiger partial charge in [0.25, 0.3) is 0 Å². The minimum absolute atomic E-state index is 0.182. The summed E-state index contributed by atoms with van der Waals surface area (Å²) in [4.78, 5) is 0. The fourth-order valence-corrected chi connectivity index (χ4v) is 1.66. The van der Waals surface area contributed by atoms with Gasteiger partial charge in [-0.3, -0.25) is 0 Å². The number of halogens is 1. The summed E-state index contributed by atoms with van der Waals surface area (Å²) in [5, 5.41) is 13.0. The van der Waals surface area contributed by atoms with Gasteiger partial charge in [-0.15, -0.1) is 0 Å². The molecule has 3 nitrogen and oxygen atoms in total. The maximum absolute atomic E-state index is 13.4. The molecule has 4 heteroatoms. The van der Waals surface area contributed by atoms with Gasteiger partial charge in [-0.05, 0) is 12.5 Å². The standard InChI is InChI=1S/C13H20FNO2/c1-3-10(9-17-2)15-8-13(16)11-6-4-5-7-12(11)14/h4-7,10,13,15-16H,3,8-9H2,1-2H3. The number of hydrogen-bond donors (Lipinski definition) is 2. The molecule has 0 aliphatic rings. The molecular weight excluding hydrogens is 221 g/mol. The lowest BCUT2D eigenvalue weighted by atomic mass is 10.1. The summed E-state index contributed by atoms with van der Waals surface area (Å²) >= 11 is 0. The summed E-state index contributed by atoms with van der Waals surface area (Å²) in [7, 11) is 1.64. The van der Waals surface area contributed by atoms with Crippen LogP contribution in [0.15, 0.2) is 24.3 Å². The Balaban J connectivity index is 2.49. The highest BCUT2D eigenvalue weighted by molar-refractivity contribution is 5.19. The molecule has 2 atom stereocenters. The Kier molecular flexibility index (Phi) is 6.11. The fourth-order valence-electron chi connectivity index (χ4n) is 1.66. The maximum Gasteiger partial charge on any atom is 0.129 e. The second-order valence-electron chi connectivity index (χ2n) is 4.01. The van der Waals surface area contributed by atoms with Crippen molar-refractivity contribution in [3.8, 4) is 0 Å². The van der Waals surface area contributed by atoms with Crippen LogP contribution >= 0.6 is 0 Å². The van der Waals surface area contributed by atoms with Crippen LogP contribution in [0, 0.1) is 5.82 Å². The normalized spacial score (nSPS) is 14.6. The molecule has 2 unspecified atom stereocenters. The third-order valence-electron chi connectivity index (χ3n) is 2.72. The van der Waals surface area contributed by atoms with E-state index < -0.39 is 6.10 Å². The number of aliphatic hydroxyl groups is 1. The van der Waals surface area contributed by atoms with Crippen molar-refractivity contribution in [3.05, 3.63) is 35.6 Å². The second-order valence-corrected chi connectivity index (χ2v) is 4.01. The summed E-state index contributed by atoms with van der Waals surface area (Å²) in [5.74, 6) is -0.374. The van der Waals surface area contributed by atoms with Gasteiger partial charge in [0, 0.05) is 25.3 Å². The number of aliphatic hydroxyl groups excluding tert-OH is 1. The third-order valence-corrected chi connectivity index (χ3v) is 2.72. The lowest BCUT2D eigenvalue weighted by molar-refractivity contribution is 0.135. The van der Waals surface area contributed by atoms with E-state index in [0.29, 0.717) is 18.7 Å². The molecule has 0 aliphatic carbocycles. The largest absolute Gasteiger partial charge is 0.387 e. The Labute approximate surface area is 102 Å². The van der Waals surface area contributed by atoms with Gasteiger partial charge < -0.3 is 15.2 Å². The topological polar surface area (TPSA) is 41.5 Å². The number of benzene rings is 1. The van der Waals surface area contributed by atoms with Crippen LogP contribution in [-0.2, 0) is 4.74 Å². The molecule has 0 radical (unpaired) electrons. The smallest absolute Gasteiger partial charge is 0.129 e. The van der Waals surface area contributed by atoms with E-state index in [0.717, 1.165) is 6.42 Å². The van der Waals surface area contributed by atoms with E-state index in [1.54, 1.807) is 25.3 Å². The van der Waals surface area contributed by atoms with Crippen molar-refractivity contribution in [2.45, 2.75) is 25.5 Å². The number of hydrogen-bond acceptors (Lipinski definition) is 3. The average Bonchev–Trinajstić information content (AvgIpc) is 2.34. The van der Waals surface area contributed by atoms with Crippen LogP contribution in [-0.4, -0.2) is 31.4 Å². The van der Waals surface area contributed by atoms with Crippen molar-refractivity contribution in [2.24, 2.45) is 0 Å². The second kappa shape index (κ2) is 7.37. The van der Waals surface area contributed by atoms with Crippen molar-refractivity contribution in [2.75, 3.05) is 20.3 Å². The number of ether oxygens (including phenoxy) is 1. The van der Waals surface area contributed by atoms with Gasteiger partial charge in [-0.25, -0.2) is 4.39 Å². The average molecular weight is 241 g/mol. The first-order valence-electron chi connectivity index (χ1n) is 5.83. The number of methoxy groups -OCH3 is 1. The lowest BCUT2D eigenvalue weighted by Crippen LogP contribution is -2.35. The highest BCUT2D eigenvalue weighted by atomic mass is 19.1. The lowest BCUT2D eigenvalue weighted by Gasteiger charge is -2.19. The van der Waals surface area contributed by atoms with Crippen molar-refractivity contribution in [3.63, 3.8) is 0 Å². The van der Waals surface area contributed by atoms with E-state index in [2.05, 4.69) is 5.32 Å². The van der Waals surface area contributed by atoms with Crippen molar-refractivity contribution in [1.82, 2.24) is 5.32 Å². The predicted octanol–water partition coefficient (Wildman–Crippen LogP) is 1.87. The van der Waals surface area contributed by atoms with Gasteiger partial charge in [0.1, 0.15) is 5.82 Å². The first-order valence-corrected chi connectivity index (χ1v) is 5.83. The van der Waals surface area contributed by atoms with Gasteiger partial charge in [-0.2, -0.15) is 0 Å². The highest BCUT2D eigenvalue weighted by Crippen LogP contribution is 2.15. The first kappa shape index (κ1) is 14.1. The van der Waals surface area contributed by atoms with E-state index >= 15 is 0 Å². The zero-order valence-corrected chi connectivity index (χ0v) is 10.3. The van der Waals surface area contributed by atoms with Crippen LogP contribution in [0.4, 0.5) is 4.39 Å². The Bertz CT molecular complexity index is 333. The van der Waals surface area contributed by atoms with E-state index in [4.69, 9.17) is 4.74 Å². The maximum atomic E-state index is 13.4. The molecule has 17 heavy (non-hydrogen) atoms. The van der Waals surface area contributed by atoms with Gasteiger partial charge >= 0.3 is 0 Å². The molecule has 0 spiro atoms. The number of nitrogens with one attached hydrogen (secondary N) is 1. The Morgan fingerprint density at radius 3 is 2.71 bits per heavy atom. The molecule has 96 valence electrons. The minimum atomic E-state index is -0.831. The van der Waals surface area contributed by atoms with E-state index in [-0.39, 0.29) is 11.9 Å². The van der Waals surface area contributed by atoms with Crippen LogP contribution in [0.25, 0.3) is 0 Å². The number of rotatable bonds is 7. The molecule has 0 bridgehead atoms. The summed E-state index contributed by atoms with van der Waals surface area (Å²) in [5.41, 5.74) is 0.326. The van der Waals surface area contributed by atoms with E-state index in [9.17, 15) is 9.50 Å². The fraction of sp³-hybridized carbons (Fsp3) is 0.538. The van der Waals surface area contributed by atoms with Gasteiger partial charge in [0.2, 0.25) is 0 Å². The quantitative estimate of drug-likeness (QED) is 0.765. The summed E-state index contributed by atoms with van der Waals surface area (Å²) in [6.07, 6.45) is 0.0692. The van der Waals surface area contributed by atoms with Gasteiger partial charge in [-0.1, -0.05) is 25.1 Å². The molecule has 1 rings (SSSR count). The molecule has 0 aromatic heterocycles. The van der Waals surface area contributed by atoms with Crippen LogP contribution in [0.3, 0.4) is 0 Å². The molecule has 0 amide bonds. The third kappa shape index (κ3) is 4.42. The van der Waals surface area contributed by atoms with Crippen molar-refractivity contribution in [1.29, 1.82) is 0 Å². The molecule has 1 aromatic rings. The summed E-state index contributed by atoms with van der Waals surface area (Å²) in [6, 6.07) is 6.46. The van der Waals surface area contributed by atoms with Crippen LogP contribution in [0.2, 0.25) is 0 Å². The molecule has 1 aromatic carbocycles. The molecule has 0 aliphatic heterocycles. The zero-order chi connectivity index (χ0) is 12.7. The Hall–Kier alpha value is -0.970. The molecule has 0 heterocycles. The minimum Gasteiger partial charge on any atom is -0.387 e. The Morgan fingerprint density at radius 1 is 1.41 bits per heavy atom. The van der Waals surface area contributed by atoms with Gasteiger partial charge in [0.15, 0.2) is 0 Å². The molecule has 0 saturated carbocycles. The van der Waals surface area contributed by atoms with Crippen LogP contribution < -0.4 is 5.32 Å². The van der Waals surface area contributed by atoms with E-state index in [1.807, 2.05) is 6.92 Å².